The fourth-order valence-electron chi connectivity index (χ4n) is 2.37. The van der Waals surface area contributed by atoms with Crippen LogP contribution in [0.5, 0.6) is 0 Å². The first-order valence-corrected chi connectivity index (χ1v) is 7.45. The number of anilines is 1. The molecular formula is C14H21IN2. The van der Waals surface area contributed by atoms with E-state index in [1.54, 1.807) is 0 Å². The summed E-state index contributed by atoms with van der Waals surface area (Å²) in [6.07, 6.45) is 3.84. The van der Waals surface area contributed by atoms with Crippen LogP contribution >= 0.6 is 22.6 Å². The summed E-state index contributed by atoms with van der Waals surface area (Å²) in [5.41, 5.74) is 2.69. The van der Waals surface area contributed by atoms with Gasteiger partial charge in [-0.25, -0.2) is 0 Å². The molecule has 1 saturated heterocycles. The first-order chi connectivity index (χ1) is 8.16. The lowest BCUT2D eigenvalue weighted by molar-refractivity contribution is 0.348. The Morgan fingerprint density at radius 1 is 1.29 bits per heavy atom. The molecule has 0 aromatic heterocycles. The fraction of sp³-hybridized carbons (Fsp3) is 0.571. The normalized spacial score (nSPS) is 22.2. The summed E-state index contributed by atoms with van der Waals surface area (Å²) in [5, 5.41) is 3.72. The van der Waals surface area contributed by atoms with Crippen molar-refractivity contribution >= 4 is 28.3 Å². The summed E-state index contributed by atoms with van der Waals surface area (Å²) in [7, 11) is 2.22. The van der Waals surface area contributed by atoms with E-state index >= 15 is 0 Å². The molecule has 1 fully saturated rings. The molecule has 0 bridgehead atoms. The molecule has 1 aromatic carbocycles. The molecule has 0 saturated carbocycles. The zero-order valence-corrected chi connectivity index (χ0v) is 12.8. The third-order valence-electron chi connectivity index (χ3n) is 3.58. The molecule has 0 aliphatic carbocycles. The smallest absolute Gasteiger partial charge is 0.0382 e. The van der Waals surface area contributed by atoms with E-state index in [4.69, 9.17) is 0 Å². The highest BCUT2D eigenvalue weighted by atomic mass is 127. The van der Waals surface area contributed by atoms with Crippen LogP contribution in [0.3, 0.4) is 0 Å². The van der Waals surface area contributed by atoms with Crippen LogP contribution in [0.2, 0.25) is 0 Å². The number of hydrogen-bond donors (Lipinski definition) is 1. The van der Waals surface area contributed by atoms with Crippen molar-refractivity contribution in [3.63, 3.8) is 0 Å². The van der Waals surface area contributed by atoms with Crippen LogP contribution in [-0.2, 0) is 0 Å². The maximum atomic E-state index is 3.72. The van der Waals surface area contributed by atoms with Gasteiger partial charge in [-0.1, -0.05) is 6.07 Å². The lowest BCUT2D eigenvalue weighted by Crippen LogP contribution is -2.23. The Kier molecular flexibility index (Phi) is 4.68. The Hall–Kier alpha value is -0.290. The molecule has 1 aliphatic rings. The highest BCUT2D eigenvalue weighted by Crippen LogP contribution is 2.23. The Morgan fingerprint density at radius 2 is 2.12 bits per heavy atom. The SMILES string of the molecule is Cc1c(I)cccc1NC1CCCN(C)CC1. The first kappa shape index (κ1) is 13.1. The van der Waals surface area contributed by atoms with E-state index in [2.05, 4.69) is 65.0 Å². The van der Waals surface area contributed by atoms with Gasteiger partial charge >= 0.3 is 0 Å². The Morgan fingerprint density at radius 3 is 2.94 bits per heavy atom. The second-order valence-corrected chi connectivity index (χ2v) is 6.15. The molecule has 0 amide bonds. The molecule has 1 N–H and O–H groups in total. The topological polar surface area (TPSA) is 15.3 Å². The number of benzene rings is 1. The summed E-state index contributed by atoms with van der Waals surface area (Å²) in [6.45, 7) is 4.65. The Balaban J connectivity index is 2.02. The minimum Gasteiger partial charge on any atom is -0.382 e. The van der Waals surface area contributed by atoms with Gasteiger partial charge in [0.25, 0.3) is 0 Å². The lowest BCUT2D eigenvalue weighted by atomic mass is 10.1. The molecule has 1 aliphatic heterocycles. The van der Waals surface area contributed by atoms with Gasteiger partial charge in [0, 0.05) is 15.3 Å². The zero-order valence-electron chi connectivity index (χ0n) is 10.7. The molecule has 3 heteroatoms. The van der Waals surface area contributed by atoms with Gasteiger partial charge in [-0.3, -0.25) is 0 Å². The Labute approximate surface area is 118 Å². The summed E-state index contributed by atoms with van der Waals surface area (Å²) >= 11 is 2.41. The van der Waals surface area contributed by atoms with E-state index in [0.717, 1.165) is 0 Å². The number of rotatable bonds is 2. The van der Waals surface area contributed by atoms with Crippen molar-refractivity contribution in [2.75, 3.05) is 25.5 Å². The van der Waals surface area contributed by atoms with Gasteiger partial charge in [0.2, 0.25) is 0 Å². The molecule has 2 nitrogen and oxygen atoms in total. The minimum absolute atomic E-state index is 0.636. The van der Waals surface area contributed by atoms with Crippen molar-refractivity contribution in [2.45, 2.75) is 32.2 Å². The van der Waals surface area contributed by atoms with E-state index < -0.39 is 0 Å². The predicted octanol–water partition coefficient (Wildman–Crippen LogP) is 3.50. The largest absolute Gasteiger partial charge is 0.382 e. The molecule has 1 unspecified atom stereocenters. The van der Waals surface area contributed by atoms with Crippen LogP contribution in [-0.4, -0.2) is 31.1 Å². The highest BCUT2D eigenvalue weighted by Gasteiger charge is 2.15. The van der Waals surface area contributed by atoms with Crippen molar-refractivity contribution in [3.05, 3.63) is 27.3 Å². The second-order valence-electron chi connectivity index (χ2n) is 4.99. The highest BCUT2D eigenvalue weighted by molar-refractivity contribution is 14.1. The number of hydrogen-bond acceptors (Lipinski definition) is 2. The van der Waals surface area contributed by atoms with Crippen LogP contribution in [0.15, 0.2) is 18.2 Å². The van der Waals surface area contributed by atoms with Crippen molar-refractivity contribution in [2.24, 2.45) is 0 Å². The van der Waals surface area contributed by atoms with Crippen LogP contribution < -0.4 is 5.32 Å². The fourth-order valence-corrected chi connectivity index (χ4v) is 2.87. The van der Waals surface area contributed by atoms with E-state index in [1.165, 1.54) is 47.2 Å². The number of nitrogens with zero attached hydrogens (tertiary/aromatic N) is 1. The maximum Gasteiger partial charge on any atom is 0.0382 e. The zero-order chi connectivity index (χ0) is 12.3. The van der Waals surface area contributed by atoms with Gasteiger partial charge in [-0.05, 0) is 86.6 Å². The van der Waals surface area contributed by atoms with E-state index in [-0.39, 0.29) is 0 Å². The maximum absolute atomic E-state index is 3.72. The molecule has 94 valence electrons. The van der Waals surface area contributed by atoms with Crippen LogP contribution in [0, 0.1) is 10.5 Å². The number of halogens is 1. The number of likely N-dealkylation sites (tertiary alicyclic amines) is 1. The standard InChI is InChI=1S/C14H21IN2/c1-11-13(15)6-3-7-14(11)16-12-5-4-9-17(2)10-8-12/h3,6-7,12,16H,4-5,8-10H2,1-2H3. The third-order valence-corrected chi connectivity index (χ3v) is 4.75. The van der Waals surface area contributed by atoms with Crippen LogP contribution in [0.25, 0.3) is 0 Å². The monoisotopic (exact) mass is 344 g/mol. The third kappa shape index (κ3) is 3.58. The van der Waals surface area contributed by atoms with Gasteiger partial charge in [-0.2, -0.15) is 0 Å². The van der Waals surface area contributed by atoms with Gasteiger partial charge in [-0.15, -0.1) is 0 Å². The van der Waals surface area contributed by atoms with E-state index in [0.29, 0.717) is 6.04 Å². The summed E-state index contributed by atoms with van der Waals surface area (Å²) in [6, 6.07) is 7.14. The van der Waals surface area contributed by atoms with Crippen LogP contribution in [0.4, 0.5) is 5.69 Å². The van der Waals surface area contributed by atoms with Crippen molar-refractivity contribution in [1.82, 2.24) is 4.90 Å². The van der Waals surface area contributed by atoms with Crippen LogP contribution in [0.1, 0.15) is 24.8 Å². The summed E-state index contributed by atoms with van der Waals surface area (Å²) < 4.78 is 1.35. The van der Waals surface area contributed by atoms with Gasteiger partial charge in [0.15, 0.2) is 0 Å². The van der Waals surface area contributed by atoms with Crippen molar-refractivity contribution < 1.29 is 0 Å². The molecule has 1 aromatic rings. The minimum atomic E-state index is 0.636. The Bertz CT molecular complexity index is 378. The van der Waals surface area contributed by atoms with E-state index in [9.17, 15) is 0 Å². The molecular weight excluding hydrogens is 323 g/mol. The summed E-state index contributed by atoms with van der Waals surface area (Å²) in [5.74, 6) is 0. The molecule has 17 heavy (non-hydrogen) atoms. The number of nitrogens with one attached hydrogen (secondary N) is 1. The molecule has 0 radical (unpaired) electrons. The van der Waals surface area contributed by atoms with Crippen molar-refractivity contribution in [3.8, 4) is 0 Å². The summed E-state index contributed by atoms with van der Waals surface area (Å²) in [4.78, 5) is 2.43. The first-order valence-electron chi connectivity index (χ1n) is 6.37. The average Bonchev–Trinajstić information content (AvgIpc) is 2.50. The predicted molar refractivity (Wildman–Crippen MR) is 82.7 cm³/mol. The molecule has 0 spiro atoms. The van der Waals surface area contributed by atoms with Gasteiger partial charge in [0.1, 0.15) is 0 Å². The quantitative estimate of drug-likeness (QED) is 0.827. The van der Waals surface area contributed by atoms with Gasteiger partial charge < -0.3 is 10.2 Å². The van der Waals surface area contributed by atoms with Crippen molar-refractivity contribution in [1.29, 1.82) is 0 Å². The lowest BCUT2D eigenvalue weighted by Gasteiger charge is -2.20. The molecule has 1 atom stereocenters. The average molecular weight is 344 g/mol. The van der Waals surface area contributed by atoms with Gasteiger partial charge in [0.05, 0.1) is 0 Å². The molecule has 2 rings (SSSR count). The second kappa shape index (κ2) is 6.05. The van der Waals surface area contributed by atoms with E-state index in [1.807, 2.05) is 0 Å². The molecule has 1 heterocycles.